The fourth-order valence-corrected chi connectivity index (χ4v) is 2.23. The molecule has 1 heterocycles. The average molecular weight is 251 g/mol. The first-order valence-electron chi connectivity index (χ1n) is 6.37. The summed E-state index contributed by atoms with van der Waals surface area (Å²) in [7, 11) is 1.63. The Morgan fingerprint density at radius 1 is 1.56 bits per heavy atom. The molecule has 0 bridgehead atoms. The summed E-state index contributed by atoms with van der Waals surface area (Å²) in [6.07, 6.45) is 0.710. The molecule has 18 heavy (non-hydrogen) atoms. The minimum atomic E-state index is -0.520. The molecule has 0 amide bonds. The lowest BCUT2D eigenvalue weighted by atomic mass is 10.1. The van der Waals surface area contributed by atoms with Crippen molar-refractivity contribution in [1.82, 2.24) is 5.32 Å². The van der Waals surface area contributed by atoms with Crippen LogP contribution >= 0.6 is 0 Å². The van der Waals surface area contributed by atoms with Gasteiger partial charge in [0.1, 0.15) is 5.75 Å². The zero-order valence-corrected chi connectivity index (χ0v) is 10.9. The van der Waals surface area contributed by atoms with Gasteiger partial charge in [-0.3, -0.25) is 0 Å². The number of benzene rings is 1. The highest BCUT2D eigenvalue weighted by Crippen LogP contribution is 2.19. The number of methoxy groups -OCH3 is 1. The number of rotatable bonds is 5. The first-order valence-corrected chi connectivity index (χ1v) is 6.37. The van der Waals surface area contributed by atoms with Crippen LogP contribution in [0.15, 0.2) is 24.3 Å². The van der Waals surface area contributed by atoms with Gasteiger partial charge in [-0.2, -0.15) is 0 Å². The van der Waals surface area contributed by atoms with E-state index in [1.54, 1.807) is 7.11 Å². The molecule has 1 aliphatic rings. The lowest BCUT2D eigenvalue weighted by Gasteiger charge is -2.19. The van der Waals surface area contributed by atoms with Crippen molar-refractivity contribution in [1.29, 1.82) is 0 Å². The quantitative estimate of drug-likeness (QED) is 0.832. The van der Waals surface area contributed by atoms with Crippen LogP contribution in [0, 0.1) is 0 Å². The topological polar surface area (TPSA) is 50.7 Å². The molecule has 1 saturated heterocycles. The van der Waals surface area contributed by atoms with Crippen LogP contribution in [-0.2, 0) is 4.74 Å². The summed E-state index contributed by atoms with van der Waals surface area (Å²) in [6, 6.07) is 7.87. The molecule has 4 heteroatoms. The SMILES string of the molecule is COc1cccc(C(O)CNC2CCOC2C)c1. The van der Waals surface area contributed by atoms with E-state index >= 15 is 0 Å². The molecule has 3 atom stereocenters. The highest BCUT2D eigenvalue weighted by molar-refractivity contribution is 5.29. The summed E-state index contributed by atoms with van der Waals surface area (Å²) in [6.45, 7) is 3.39. The van der Waals surface area contributed by atoms with E-state index in [1.807, 2.05) is 24.3 Å². The monoisotopic (exact) mass is 251 g/mol. The predicted molar refractivity (Wildman–Crippen MR) is 69.8 cm³/mol. The van der Waals surface area contributed by atoms with Crippen molar-refractivity contribution in [3.8, 4) is 5.75 Å². The second-order valence-electron chi connectivity index (χ2n) is 4.67. The molecule has 2 N–H and O–H groups in total. The Morgan fingerprint density at radius 3 is 3.06 bits per heavy atom. The largest absolute Gasteiger partial charge is 0.497 e. The van der Waals surface area contributed by atoms with Gasteiger partial charge < -0.3 is 19.9 Å². The van der Waals surface area contributed by atoms with Crippen molar-refractivity contribution in [2.75, 3.05) is 20.3 Å². The third kappa shape index (κ3) is 3.22. The number of nitrogens with one attached hydrogen (secondary N) is 1. The molecule has 4 nitrogen and oxygen atoms in total. The van der Waals surface area contributed by atoms with Crippen LogP contribution in [0.3, 0.4) is 0 Å². The van der Waals surface area contributed by atoms with Gasteiger partial charge in [-0.05, 0) is 31.0 Å². The fraction of sp³-hybridized carbons (Fsp3) is 0.571. The molecule has 1 aromatic carbocycles. The van der Waals surface area contributed by atoms with Gasteiger partial charge in [0.25, 0.3) is 0 Å². The van der Waals surface area contributed by atoms with Gasteiger partial charge >= 0.3 is 0 Å². The van der Waals surface area contributed by atoms with Crippen molar-refractivity contribution in [2.24, 2.45) is 0 Å². The molecular formula is C14H21NO3. The van der Waals surface area contributed by atoms with Crippen molar-refractivity contribution >= 4 is 0 Å². The van der Waals surface area contributed by atoms with Crippen molar-refractivity contribution in [3.05, 3.63) is 29.8 Å². The maximum absolute atomic E-state index is 10.1. The number of hydrogen-bond acceptors (Lipinski definition) is 4. The van der Waals surface area contributed by atoms with Crippen molar-refractivity contribution < 1.29 is 14.6 Å². The number of ether oxygens (including phenoxy) is 2. The Morgan fingerprint density at radius 2 is 2.39 bits per heavy atom. The Bertz CT molecular complexity index is 383. The molecule has 0 saturated carbocycles. The first kappa shape index (κ1) is 13.3. The summed E-state index contributed by atoms with van der Waals surface area (Å²) in [5.41, 5.74) is 0.869. The summed E-state index contributed by atoms with van der Waals surface area (Å²) in [5, 5.41) is 13.5. The smallest absolute Gasteiger partial charge is 0.119 e. The van der Waals surface area contributed by atoms with Gasteiger partial charge in [-0.25, -0.2) is 0 Å². The normalized spacial score (nSPS) is 25.1. The van der Waals surface area contributed by atoms with E-state index in [2.05, 4.69) is 12.2 Å². The van der Waals surface area contributed by atoms with Gasteiger partial charge in [0.15, 0.2) is 0 Å². The van der Waals surface area contributed by atoms with E-state index in [4.69, 9.17) is 9.47 Å². The summed E-state index contributed by atoms with van der Waals surface area (Å²) in [5.74, 6) is 0.768. The van der Waals surface area contributed by atoms with Crippen molar-refractivity contribution in [2.45, 2.75) is 31.6 Å². The molecule has 0 aromatic heterocycles. The second kappa shape index (κ2) is 6.18. The Labute approximate surface area is 108 Å². The molecule has 100 valence electrons. The third-order valence-electron chi connectivity index (χ3n) is 3.43. The highest BCUT2D eigenvalue weighted by atomic mass is 16.5. The molecular weight excluding hydrogens is 230 g/mol. The fourth-order valence-electron chi connectivity index (χ4n) is 2.23. The van der Waals surface area contributed by atoms with Crippen LogP contribution in [0.1, 0.15) is 25.0 Å². The number of aliphatic hydroxyl groups is 1. The molecule has 0 radical (unpaired) electrons. The van der Waals surface area contributed by atoms with Crippen LogP contribution in [0.5, 0.6) is 5.75 Å². The van der Waals surface area contributed by atoms with Crippen LogP contribution < -0.4 is 10.1 Å². The first-order chi connectivity index (χ1) is 8.70. The van der Waals surface area contributed by atoms with Gasteiger partial charge in [0.05, 0.1) is 19.3 Å². The highest BCUT2D eigenvalue weighted by Gasteiger charge is 2.24. The van der Waals surface area contributed by atoms with Crippen LogP contribution in [0.4, 0.5) is 0 Å². The van der Waals surface area contributed by atoms with Crippen LogP contribution in [0.2, 0.25) is 0 Å². The second-order valence-corrected chi connectivity index (χ2v) is 4.67. The Kier molecular flexibility index (Phi) is 4.58. The van der Waals surface area contributed by atoms with E-state index in [-0.39, 0.29) is 6.10 Å². The van der Waals surface area contributed by atoms with E-state index in [0.29, 0.717) is 12.6 Å². The standard InChI is InChI=1S/C14H21NO3/c1-10-13(6-7-18-10)15-9-14(16)11-4-3-5-12(8-11)17-2/h3-5,8,10,13-16H,6-7,9H2,1-2H3. The molecule has 2 rings (SSSR count). The lowest BCUT2D eigenvalue weighted by molar-refractivity contribution is 0.107. The van der Waals surface area contributed by atoms with Crippen LogP contribution in [0.25, 0.3) is 0 Å². The number of aliphatic hydroxyl groups excluding tert-OH is 1. The van der Waals surface area contributed by atoms with Gasteiger partial charge in [-0.15, -0.1) is 0 Å². The molecule has 0 spiro atoms. The summed E-state index contributed by atoms with van der Waals surface area (Å²) >= 11 is 0. The maximum Gasteiger partial charge on any atom is 0.119 e. The van der Waals surface area contributed by atoms with Gasteiger partial charge in [0.2, 0.25) is 0 Å². The maximum atomic E-state index is 10.1. The van der Waals surface area contributed by atoms with E-state index in [1.165, 1.54) is 0 Å². The zero-order chi connectivity index (χ0) is 13.0. The molecule has 1 fully saturated rings. The number of hydrogen-bond donors (Lipinski definition) is 2. The van der Waals surface area contributed by atoms with Crippen molar-refractivity contribution in [3.63, 3.8) is 0 Å². The minimum absolute atomic E-state index is 0.225. The molecule has 1 aliphatic heterocycles. The van der Waals surface area contributed by atoms with E-state index in [0.717, 1.165) is 24.3 Å². The third-order valence-corrected chi connectivity index (χ3v) is 3.43. The molecule has 0 aliphatic carbocycles. The van der Waals surface area contributed by atoms with E-state index < -0.39 is 6.10 Å². The Balaban J connectivity index is 1.88. The van der Waals surface area contributed by atoms with Gasteiger partial charge in [-0.1, -0.05) is 12.1 Å². The van der Waals surface area contributed by atoms with Crippen LogP contribution in [-0.4, -0.2) is 37.5 Å². The summed E-state index contributed by atoms with van der Waals surface area (Å²) in [4.78, 5) is 0. The summed E-state index contributed by atoms with van der Waals surface area (Å²) < 4.78 is 10.6. The Hall–Kier alpha value is -1.10. The van der Waals surface area contributed by atoms with E-state index in [9.17, 15) is 5.11 Å². The zero-order valence-electron chi connectivity index (χ0n) is 10.9. The molecule has 1 aromatic rings. The van der Waals surface area contributed by atoms with Gasteiger partial charge in [0, 0.05) is 19.2 Å². The lowest BCUT2D eigenvalue weighted by Crippen LogP contribution is -2.37. The molecule has 3 unspecified atom stereocenters. The minimum Gasteiger partial charge on any atom is -0.497 e. The predicted octanol–water partition coefficient (Wildman–Crippen LogP) is 1.50. The average Bonchev–Trinajstić information content (AvgIpc) is 2.81.